The molecule has 1 amide bonds. The van der Waals surface area contributed by atoms with Crippen LogP contribution < -0.4 is 5.32 Å². The van der Waals surface area contributed by atoms with Crippen molar-refractivity contribution in [3.05, 3.63) is 39.9 Å². The van der Waals surface area contributed by atoms with E-state index in [0.29, 0.717) is 10.3 Å². The van der Waals surface area contributed by atoms with Crippen molar-refractivity contribution in [1.29, 1.82) is 0 Å². The number of hydrogen-bond acceptors (Lipinski definition) is 7. The van der Waals surface area contributed by atoms with Crippen LogP contribution in [0.3, 0.4) is 0 Å². The molecule has 144 valence electrons. The minimum Gasteiger partial charge on any atom is -0.300 e. The zero-order chi connectivity index (χ0) is 19.8. The largest absolute Gasteiger partial charge is 0.300 e. The molecule has 0 radical (unpaired) electrons. The molecule has 28 heavy (non-hydrogen) atoms. The number of hydrogen-bond donors (Lipinski definition) is 1. The van der Waals surface area contributed by atoms with Gasteiger partial charge in [-0.3, -0.25) is 14.5 Å². The van der Waals surface area contributed by atoms with Gasteiger partial charge in [-0.1, -0.05) is 36.1 Å². The molecule has 1 N–H and O–H groups in total. The van der Waals surface area contributed by atoms with Crippen LogP contribution in [0.5, 0.6) is 0 Å². The van der Waals surface area contributed by atoms with E-state index in [2.05, 4.69) is 57.8 Å². The molecule has 4 aromatic rings. The van der Waals surface area contributed by atoms with Crippen molar-refractivity contribution in [2.45, 2.75) is 39.3 Å². The molecule has 0 bridgehead atoms. The molecule has 0 saturated heterocycles. The monoisotopic (exact) mass is 412 g/mol. The molecule has 3 aromatic heterocycles. The first-order valence-corrected chi connectivity index (χ1v) is 10.8. The van der Waals surface area contributed by atoms with Crippen molar-refractivity contribution < 1.29 is 4.79 Å². The SMILES string of the molecule is CCc1nnc(NC(=O)CSc2nnc3c(C)cc4c(C)cc(C)cc4n23)s1. The number of carbonyl (C=O) groups excluding carboxylic acids is 1. The van der Waals surface area contributed by atoms with E-state index in [-0.39, 0.29) is 11.7 Å². The first-order valence-electron chi connectivity index (χ1n) is 8.97. The maximum absolute atomic E-state index is 12.3. The zero-order valence-electron chi connectivity index (χ0n) is 16.1. The third-order valence-corrected chi connectivity index (χ3v) is 6.36. The Kier molecular flexibility index (Phi) is 5.03. The van der Waals surface area contributed by atoms with E-state index in [0.717, 1.165) is 28.2 Å². The maximum Gasteiger partial charge on any atom is 0.236 e. The number of rotatable bonds is 5. The third kappa shape index (κ3) is 3.47. The number of nitrogens with zero attached hydrogens (tertiary/aromatic N) is 5. The lowest BCUT2D eigenvalue weighted by Crippen LogP contribution is -2.14. The van der Waals surface area contributed by atoms with Gasteiger partial charge in [-0.25, -0.2) is 0 Å². The summed E-state index contributed by atoms with van der Waals surface area (Å²) in [6, 6.07) is 6.46. The molecular formula is C19H20N6OS2. The number of carbonyl (C=O) groups is 1. The van der Waals surface area contributed by atoms with Gasteiger partial charge in [0.2, 0.25) is 11.0 Å². The summed E-state index contributed by atoms with van der Waals surface area (Å²) in [6.45, 7) is 8.23. The summed E-state index contributed by atoms with van der Waals surface area (Å²) in [7, 11) is 0. The average Bonchev–Trinajstić information content (AvgIpc) is 3.28. The van der Waals surface area contributed by atoms with Gasteiger partial charge < -0.3 is 0 Å². The molecule has 0 fully saturated rings. The fourth-order valence-electron chi connectivity index (χ4n) is 3.18. The molecule has 0 unspecified atom stereocenters. The predicted molar refractivity (Wildman–Crippen MR) is 113 cm³/mol. The van der Waals surface area contributed by atoms with Crippen LogP contribution in [-0.2, 0) is 11.2 Å². The first kappa shape index (κ1) is 18.8. The fraction of sp³-hybridized carbons (Fsp3) is 0.316. The normalized spacial score (nSPS) is 11.4. The second-order valence-corrected chi connectivity index (χ2v) is 8.68. The Balaban J connectivity index is 1.63. The van der Waals surface area contributed by atoms with E-state index in [1.54, 1.807) is 0 Å². The van der Waals surface area contributed by atoms with Gasteiger partial charge in [0.25, 0.3) is 0 Å². The molecule has 0 aliphatic heterocycles. The molecule has 7 nitrogen and oxygen atoms in total. The van der Waals surface area contributed by atoms with Crippen LogP contribution in [-0.4, -0.2) is 36.5 Å². The lowest BCUT2D eigenvalue weighted by molar-refractivity contribution is -0.113. The molecule has 0 atom stereocenters. The van der Waals surface area contributed by atoms with E-state index >= 15 is 0 Å². The van der Waals surface area contributed by atoms with Gasteiger partial charge in [-0.2, -0.15) is 0 Å². The molecule has 0 aliphatic rings. The van der Waals surface area contributed by atoms with Crippen LogP contribution in [0.2, 0.25) is 0 Å². The number of anilines is 1. The van der Waals surface area contributed by atoms with Crippen LogP contribution in [0.15, 0.2) is 23.4 Å². The number of fused-ring (bicyclic) bond motifs is 3. The van der Waals surface area contributed by atoms with E-state index in [9.17, 15) is 4.79 Å². The summed E-state index contributed by atoms with van der Waals surface area (Å²) in [5.74, 6) is 0.0899. The van der Waals surface area contributed by atoms with Gasteiger partial charge in [0.05, 0.1) is 11.3 Å². The van der Waals surface area contributed by atoms with Crippen LogP contribution in [0.1, 0.15) is 28.6 Å². The van der Waals surface area contributed by atoms with Crippen molar-refractivity contribution in [3.63, 3.8) is 0 Å². The van der Waals surface area contributed by atoms with Crippen molar-refractivity contribution in [2.75, 3.05) is 11.1 Å². The van der Waals surface area contributed by atoms with Crippen LogP contribution >= 0.6 is 23.1 Å². The van der Waals surface area contributed by atoms with Crippen LogP contribution in [0.25, 0.3) is 16.6 Å². The Hall–Kier alpha value is -2.52. The summed E-state index contributed by atoms with van der Waals surface area (Å²) >= 11 is 2.76. The number of benzene rings is 1. The molecule has 0 spiro atoms. The van der Waals surface area contributed by atoms with E-state index in [1.165, 1.54) is 39.6 Å². The van der Waals surface area contributed by atoms with Crippen molar-refractivity contribution in [2.24, 2.45) is 0 Å². The Morgan fingerprint density at radius 1 is 1.11 bits per heavy atom. The molecule has 0 saturated carbocycles. The highest BCUT2D eigenvalue weighted by Crippen LogP contribution is 2.28. The summed E-state index contributed by atoms with van der Waals surface area (Å²) in [5, 5.41) is 22.8. The minimum atomic E-state index is -0.134. The van der Waals surface area contributed by atoms with Gasteiger partial charge in [-0.15, -0.1) is 20.4 Å². The molecule has 4 rings (SSSR count). The number of amides is 1. The third-order valence-electron chi connectivity index (χ3n) is 4.45. The summed E-state index contributed by atoms with van der Waals surface area (Å²) in [5.41, 5.74) is 5.33. The van der Waals surface area contributed by atoms with Crippen LogP contribution in [0.4, 0.5) is 5.13 Å². The topological polar surface area (TPSA) is 85.1 Å². The minimum absolute atomic E-state index is 0.134. The fourth-order valence-corrected chi connectivity index (χ4v) is 4.62. The molecule has 0 aliphatic carbocycles. The number of nitrogens with one attached hydrogen (secondary N) is 1. The molecule has 9 heteroatoms. The van der Waals surface area contributed by atoms with E-state index < -0.39 is 0 Å². The quantitative estimate of drug-likeness (QED) is 0.500. The second kappa shape index (κ2) is 7.48. The molecule has 3 heterocycles. The van der Waals surface area contributed by atoms with Crippen LogP contribution in [0, 0.1) is 20.8 Å². The van der Waals surface area contributed by atoms with Gasteiger partial charge in [0.15, 0.2) is 10.8 Å². The maximum atomic E-state index is 12.3. The molecular weight excluding hydrogens is 392 g/mol. The van der Waals surface area contributed by atoms with Gasteiger partial charge >= 0.3 is 0 Å². The van der Waals surface area contributed by atoms with Gasteiger partial charge in [-0.05, 0) is 56.0 Å². The number of aryl methyl sites for hydroxylation is 4. The highest BCUT2D eigenvalue weighted by molar-refractivity contribution is 7.99. The van der Waals surface area contributed by atoms with E-state index in [1.807, 2.05) is 18.2 Å². The lowest BCUT2D eigenvalue weighted by Gasteiger charge is -2.10. The Morgan fingerprint density at radius 2 is 1.93 bits per heavy atom. The Bertz CT molecular complexity index is 1200. The summed E-state index contributed by atoms with van der Waals surface area (Å²) in [4.78, 5) is 12.3. The molecule has 1 aromatic carbocycles. The lowest BCUT2D eigenvalue weighted by atomic mass is 10.0. The highest BCUT2D eigenvalue weighted by Gasteiger charge is 2.15. The Labute approximate surface area is 170 Å². The highest BCUT2D eigenvalue weighted by atomic mass is 32.2. The predicted octanol–water partition coefficient (Wildman–Crippen LogP) is 3.95. The Morgan fingerprint density at radius 3 is 2.68 bits per heavy atom. The van der Waals surface area contributed by atoms with Crippen molar-refractivity contribution in [3.8, 4) is 0 Å². The zero-order valence-corrected chi connectivity index (χ0v) is 17.7. The average molecular weight is 413 g/mol. The summed E-state index contributed by atoms with van der Waals surface area (Å²) < 4.78 is 2.04. The van der Waals surface area contributed by atoms with Crippen molar-refractivity contribution in [1.82, 2.24) is 24.8 Å². The first-order chi connectivity index (χ1) is 13.5. The van der Waals surface area contributed by atoms with E-state index in [4.69, 9.17) is 0 Å². The van der Waals surface area contributed by atoms with Crippen molar-refractivity contribution >= 4 is 50.7 Å². The number of thioether (sulfide) groups is 1. The summed E-state index contributed by atoms with van der Waals surface area (Å²) in [6.07, 6.45) is 0.805. The second-order valence-electron chi connectivity index (χ2n) is 6.67. The van der Waals surface area contributed by atoms with Gasteiger partial charge in [0.1, 0.15) is 5.01 Å². The smallest absolute Gasteiger partial charge is 0.236 e. The van der Waals surface area contributed by atoms with Gasteiger partial charge in [0, 0.05) is 5.39 Å². The standard InChI is InChI=1S/C19H20N6OS2/c1-5-16-21-23-18(28-16)20-15(26)9-27-19-24-22-17-12(4)8-13-11(3)6-10(2)7-14(13)25(17)19/h6-8H,5,9H2,1-4H3,(H,20,23,26). The number of pyridine rings is 1. The number of aromatic nitrogens is 5.